The fourth-order valence-corrected chi connectivity index (χ4v) is 2.35. The van der Waals surface area contributed by atoms with Crippen molar-refractivity contribution < 1.29 is 13.9 Å². The molecular weight excluding hydrogens is 436 g/mol. The van der Waals surface area contributed by atoms with Crippen LogP contribution in [0.25, 0.3) is 0 Å². The van der Waals surface area contributed by atoms with Gasteiger partial charge in [-0.1, -0.05) is 6.07 Å². The molecule has 0 saturated carbocycles. The molecule has 0 saturated heterocycles. The molecule has 0 aliphatic rings. The number of benzene rings is 1. The molecule has 0 fully saturated rings. The molecule has 0 aliphatic carbocycles. The summed E-state index contributed by atoms with van der Waals surface area (Å²) in [7, 11) is 0. The minimum atomic E-state index is -0.769. The largest absolute Gasteiger partial charge is 0.467 e. The van der Waals surface area contributed by atoms with Gasteiger partial charge in [-0.2, -0.15) is 0 Å². The topological polar surface area (TPSA) is 69.8 Å². The summed E-state index contributed by atoms with van der Waals surface area (Å²) in [4.78, 5) is 4.36. The smallest absolute Gasteiger partial charge is 0.191 e. The van der Waals surface area contributed by atoms with Crippen LogP contribution in [0, 0.1) is 12.7 Å². The maximum absolute atomic E-state index is 13.1. The summed E-state index contributed by atoms with van der Waals surface area (Å²) in [5, 5.41) is 16.3. The lowest BCUT2D eigenvalue weighted by Crippen LogP contribution is -2.38. The highest BCUT2D eigenvalue weighted by atomic mass is 127. The minimum absolute atomic E-state index is 0. The zero-order chi connectivity index (χ0) is 17.4. The van der Waals surface area contributed by atoms with Gasteiger partial charge in [0.15, 0.2) is 5.96 Å². The molecule has 1 aromatic heterocycles. The first-order valence-electron chi connectivity index (χ1n) is 8.08. The van der Waals surface area contributed by atoms with Gasteiger partial charge in [0, 0.05) is 13.1 Å². The van der Waals surface area contributed by atoms with E-state index >= 15 is 0 Å². The van der Waals surface area contributed by atoms with Gasteiger partial charge in [0.1, 0.15) is 17.7 Å². The van der Waals surface area contributed by atoms with Crippen LogP contribution in [0.4, 0.5) is 4.39 Å². The van der Waals surface area contributed by atoms with Crippen molar-refractivity contribution in [1.29, 1.82) is 0 Å². The Bertz CT molecular complexity index is 662. The lowest BCUT2D eigenvalue weighted by atomic mass is 10.1. The maximum atomic E-state index is 13.1. The minimum Gasteiger partial charge on any atom is -0.467 e. The summed E-state index contributed by atoms with van der Waals surface area (Å²) in [6.07, 6.45) is 1.52. The van der Waals surface area contributed by atoms with E-state index < -0.39 is 6.10 Å². The third-order valence-corrected chi connectivity index (χ3v) is 3.63. The second-order valence-electron chi connectivity index (χ2n) is 5.50. The number of aliphatic hydroxyl groups is 1. The lowest BCUT2D eigenvalue weighted by molar-refractivity contribution is 0.158. The molecule has 2 rings (SSSR count). The van der Waals surface area contributed by atoms with Crippen LogP contribution in [0.1, 0.15) is 29.9 Å². The SMILES string of the molecule is CCNC(=NCC(O)c1ccco1)NCCc1ccc(F)cc1C.I. The molecular formula is C18H25FIN3O2. The number of hydrogen-bond acceptors (Lipinski definition) is 3. The first-order valence-corrected chi connectivity index (χ1v) is 8.08. The highest BCUT2D eigenvalue weighted by Crippen LogP contribution is 2.13. The number of aryl methyl sites for hydroxylation is 1. The first-order chi connectivity index (χ1) is 11.6. The summed E-state index contributed by atoms with van der Waals surface area (Å²) in [5.41, 5.74) is 2.03. The maximum Gasteiger partial charge on any atom is 0.191 e. The number of aliphatic imine (C=N–C) groups is 1. The van der Waals surface area contributed by atoms with Gasteiger partial charge < -0.3 is 20.2 Å². The van der Waals surface area contributed by atoms with Gasteiger partial charge >= 0.3 is 0 Å². The molecule has 3 N–H and O–H groups in total. The molecule has 0 spiro atoms. The summed E-state index contributed by atoms with van der Waals surface area (Å²) in [6, 6.07) is 8.27. The van der Waals surface area contributed by atoms with Gasteiger partial charge in [-0.15, -0.1) is 24.0 Å². The predicted octanol–water partition coefficient (Wildman–Crippen LogP) is 3.18. The van der Waals surface area contributed by atoms with E-state index in [1.54, 1.807) is 18.2 Å². The van der Waals surface area contributed by atoms with Crippen molar-refractivity contribution >= 4 is 29.9 Å². The molecule has 0 bridgehead atoms. The van der Waals surface area contributed by atoms with Crippen molar-refractivity contribution in [3.05, 3.63) is 59.3 Å². The van der Waals surface area contributed by atoms with Crippen LogP contribution >= 0.6 is 24.0 Å². The second kappa shape index (κ2) is 11.1. The number of furan rings is 1. The van der Waals surface area contributed by atoms with Crippen molar-refractivity contribution in [3.63, 3.8) is 0 Å². The number of rotatable bonds is 7. The Balaban J connectivity index is 0.00000312. The van der Waals surface area contributed by atoms with Crippen LogP contribution in [-0.4, -0.2) is 30.7 Å². The standard InChI is InChI=1S/C18H24FN3O2.HI/c1-3-20-18(22-12-16(23)17-5-4-10-24-17)21-9-8-14-6-7-15(19)11-13(14)2;/h4-7,10-11,16,23H,3,8-9,12H2,1-2H3,(H2,20,21,22);1H. The van der Waals surface area contributed by atoms with E-state index in [0.717, 1.165) is 24.1 Å². The van der Waals surface area contributed by atoms with Gasteiger partial charge in [-0.05, 0) is 55.7 Å². The van der Waals surface area contributed by atoms with E-state index in [-0.39, 0.29) is 36.3 Å². The predicted molar refractivity (Wildman–Crippen MR) is 108 cm³/mol. The Morgan fingerprint density at radius 3 is 2.76 bits per heavy atom. The van der Waals surface area contributed by atoms with E-state index in [1.807, 2.05) is 13.8 Å². The Hall–Kier alpha value is -1.61. The van der Waals surface area contributed by atoms with Crippen LogP contribution in [-0.2, 0) is 6.42 Å². The Kier molecular flexibility index (Phi) is 9.51. The Morgan fingerprint density at radius 2 is 2.12 bits per heavy atom. The summed E-state index contributed by atoms with van der Waals surface area (Å²) < 4.78 is 18.3. The number of aliphatic hydroxyl groups excluding tert-OH is 1. The van der Waals surface area contributed by atoms with Gasteiger partial charge in [-0.25, -0.2) is 4.39 Å². The van der Waals surface area contributed by atoms with Crippen LogP contribution in [0.15, 0.2) is 46.0 Å². The van der Waals surface area contributed by atoms with Gasteiger partial charge in [0.25, 0.3) is 0 Å². The fraction of sp³-hybridized carbons (Fsp3) is 0.389. The summed E-state index contributed by atoms with van der Waals surface area (Å²) in [6.45, 7) is 5.47. The molecule has 1 aromatic carbocycles. The highest BCUT2D eigenvalue weighted by molar-refractivity contribution is 14.0. The number of halogens is 2. The number of nitrogens with one attached hydrogen (secondary N) is 2. The lowest BCUT2D eigenvalue weighted by Gasteiger charge is -2.13. The van der Waals surface area contributed by atoms with Gasteiger partial charge in [-0.3, -0.25) is 4.99 Å². The van der Waals surface area contributed by atoms with Crippen LogP contribution in [0.3, 0.4) is 0 Å². The quantitative estimate of drug-likeness (QED) is 0.337. The van der Waals surface area contributed by atoms with Crippen molar-refractivity contribution in [3.8, 4) is 0 Å². The zero-order valence-corrected chi connectivity index (χ0v) is 16.8. The van der Waals surface area contributed by atoms with E-state index in [9.17, 15) is 9.50 Å². The van der Waals surface area contributed by atoms with Crippen molar-refractivity contribution in [2.75, 3.05) is 19.6 Å². The van der Waals surface area contributed by atoms with Crippen molar-refractivity contribution in [2.45, 2.75) is 26.4 Å². The fourth-order valence-electron chi connectivity index (χ4n) is 2.35. The Morgan fingerprint density at radius 1 is 1.32 bits per heavy atom. The molecule has 25 heavy (non-hydrogen) atoms. The number of guanidine groups is 1. The third kappa shape index (κ3) is 7.03. The molecule has 1 atom stereocenters. The molecule has 1 unspecified atom stereocenters. The third-order valence-electron chi connectivity index (χ3n) is 3.63. The number of hydrogen-bond donors (Lipinski definition) is 3. The van der Waals surface area contributed by atoms with E-state index in [2.05, 4.69) is 15.6 Å². The second-order valence-corrected chi connectivity index (χ2v) is 5.50. The molecule has 138 valence electrons. The molecule has 5 nitrogen and oxygen atoms in total. The summed E-state index contributed by atoms with van der Waals surface area (Å²) in [5.74, 6) is 0.908. The van der Waals surface area contributed by atoms with E-state index in [0.29, 0.717) is 18.3 Å². The average molecular weight is 461 g/mol. The van der Waals surface area contributed by atoms with Crippen molar-refractivity contribution in [1.82, 2.24) is 10.6 Å². The van der Waals surface area contributed by atoms with E-state index in [4.69, 9.17) is 4.42 Å². The molecule has 0 radical (unpaired) electrons. The van der Waals surface area contributed by atoms with Gasteiger partial charge in [0.05, 0.1) is 12.8 Å². The zero-order valence-electron chi connectivity index (χ0n) is 14.5. The average Bonchev–Trinajstić information content (AvgIpc) is 3.09. The van der Waals surface area contributed by atoms with Crippen LogP contribution < -0.4 is 10.6 Å². The molecule has 1 heterocycles. The Labute approximate surface area is 164 Å². The monoisotopic (exact) mass is 461 g/mol. The molecule has 0 aliphatic heterocycles. The molecule has 2 aromatic rings. The number of nitrogens with zero attached hydrogens (tertiary/aromatic N) is 1. The van der Waals surface area contributed by atoms with E-state index in [1.165, 1.54) is 18.4 Å². The first kappa shape index (κ1) is 21.4. The van der Waals surface area contributed by atoms with Crippen LogP contribution in [0.2, 0.25) is 0 Å². The molecule has 7 heteroatoms. The van der Waals surface area contributed by atoms with Crippen molar-refractivity contribution in [2.24, 2.45) is 4.99 Å². The normalized spacial score (nSPS) is 12.4. The highest BCUT2D eigenvalue weighted by Gasteiger charge is 2.10. The van der Waals surface area contributed by atoms with Gasteiger partial charge in [0.2, 0.25) is 0 Å². The molecule has 0 amide bonds. The van der Waals surface area contributed by atoms with Crippen LogP contribution in [0.5, 0.6) is 0 Å². The summed E-state index contributed by atoms with van der Waals surface area (Å²) >= 11 is 0.